The highest BCUT2D eigenvalue weighted by Crippen LogP contribution is 2.25. The SMILES string of the molecule is COCCCN(CC(=O)Nc1cc(-c2ccccc2)nn1-c1ccc(F)cc1)C(=O)Nc1ccccc1. The van der Waals surface area contributed by atoms with Gasteiger partial charge in [0.15, 0.2) is 0 Å². The van der Waals surface area contributed by atoms with Gasteiger partial charge in [0.25, 0.3) is 0 Å². The molecule has 9 heteroatoms. The number of carbonyl (C=O) groups is 2. The van der Waals surface area contributed by atoms with Crippen LogP contribution < -0.4 is 10.6 Å². The fourth-order valence-corrected chi connectivity index (χ4v) is 3.73. The Morgan fingerprint density at radius 1 is 0.946 bits per heavy atom. The van der Waals surface area contributed by atoms with E-state index in [1.54, 1.807) is 42.1 Å². The summed E-state index contributed by atoms with van der Waals surface area (Å²) in [5.74, 6) is -0.375. The summed E-state index contributed by atoms with van der Waals surface area (Å²) in [6, 6.07) is 25.7. The molecule has 190 valence electrons. The summed E-state index contributed by atoms with van der Waals surface area (Å²) in [5, 5.41) is 10.3. The summed E-state index contributed by atoms with van der Waals surface area (Å²) < 4.78 is 20.2. The summed E-state index contributed by atoms with van der Waals surface area (Å²) in [5.41, 5.74) is 2.71. The van der Waals surface area contributed by atoms with E-state index in [9.17, 15) is 14.0 Å². The van der Waals surface area contributed by atoms with E-state index >= 15 is 0 Å². The Morgan fingerprint density at radius 2 is 1.62 bits per heavy atom. The Balaban J connectivity index is 1.55. The second-order valence-electron chi connectivity index (χ2n) is 8.28. The van der Waals surface area contributed by atoms with Crippen LogP contribution >= 0.6 is 0 Å². The first kappa shape index (κ1) is 25.6. The van der Waals surface area contributed by atoms with Gasteiger partial charge < -0.3 is 20.3 Å². The van der Waals surface area contributed by atoms with Gasteiger partial charge in [-0.3, -0.25) is 4.79 Å². The number of anilines is 2. The molecule has 0 saturated heterocycles. The largest absolute Gasteiger partial charge is 0.385 e. The standard InChI is InChI=1S/C28H28FN5O3/c1-37-18-8-17-33(28(36)30-23-11-6-3-7-12-23)20-27(35)31-26-19-25(21-9-4-2-5-10-21)32-34(26)24-15-13-22(29)14-16-24/h2-7,9-16,19H,8,17-18,20H2,1H3,(H,30,36)(H,31,35). The lowest BCUT2D eigenvalue weighted by molar-refractivity contribution is -0.116. The van der Waals surface area contributed by atoms with Gasteiger partial charge in [-0.05, 0) is 42.8 Å². The lowest BCUT2D eigenvalue weighted by atomic mass is 10.1. The minimum Gasteiger partial charge on any atom is -0.385 e. The molecule has 0 fully saturated rings. The van der Waals surface area contributed by atoms with Gasteiger partial charge in [-0.1, -0.05) is 48.5 Å². The molecule has 8 nitrogen and oxygen atoms in total. The zero-order valence-corrected chi connectivity index (χ0v) is 20.4. The van der Waals surface area contributed by atoms with Gasteiger partial charge in [-0.2, -0.15) is 5.10 Å². The number of urea groups is 1. The molecule has 0 atom stereocenters. The first-order valence-corrected chi connectivity index (χ1v) is 11.8. The average molecular weight is 502 g/mol. The summed E-state index contributed by atoms with van der Waals surface area (Å²) in [6.07, 6.45) is 0.567. The molecule has 0 bridgehead atoms. The number of halogens is 1. The van der Waals surface area contributed by atoms with Crippen LogP contribution in [0.25, 0.3) is 16.9 Å². The minimum absolute atomic E-state index is 0.183. The Morgan fingerprint density at radius 3 is 2.30 bits per heavy atom. The summed E-state index contributed by atoms with van der Waals surface area (Å²) in [6.45, 7) is 0.596. The second-order valence-corrected chi connectivity index (χ2v) is 8.28. The maximum absolute atomic E-state index is 13.5. The average Bonchev–Trinajstić information content (AvgIpc) is 3.33. The smallest absolute Gasteiger partial charge is 0.322 e. The third kappa shape index (κ3) is 7.02. The van der Waals surface area contributed by atoms with Gasteiger partial charge in [0.05, 0.1) is 11.4 Å². The highest BCUT2D eigenvalue weighted by atomic mass is 19.1. The summed E-state index contributed by atoms with van der Waals surface area (Å²) >= 11 is 0. The van der Waals surface area contributed by atoms with Crippen molar-refractivity contribution in [3.05, 3.63) is 96.8 Å². The molecule has 1 aromatic heterocycles. The topological polar surface area (TPSA) is 88.5 Å². The molecule has 4 rings (SSSR count). The molecule has 0 aliphatic carbocycles. The van der Waals surface area contributed by atoms with Crippen LogP contribution in [-0.2, 0) is 9.53 Å². The lowest BCUT2D eigenvalue weighted by Gasteiger charge is -2.22. The Hall–Kier alpha value is -4.50. The normalized spacial score (nSPS) is 10.6. The van der Waals surface area contributed by atoms with Crippen LogP contribution in [0.4, 0.5) is 20.7 Å². The lowest BCUT2D eigenvalue weighted by Crippen LogP contribution is -2.41. The van der Waals surface area contributed by atoms with E-state index in [0.717, 1.165) is 5.56 Å². The predicted molar refractivity (Wildman–Crippen MR) is 141 cm³/mol. The number of nitrogens with one attached hydrogen (secondary N) is 2. The molecule has 0 unspecified atom stereocenters. The van der Waals surface area contributed by atoms with E-state index in [1.807, 2.05) is 48.5 Å². The Labute approximate surface area is 214 Å². The molecule has 2 N–H and O–H groups in total. The first-order chi connectivity index (χ1) is 18.0. The van der Waals surface area contributed by atoms with Crippen LogP contribution in [0, 0.1) is 5.82 Å². The highest BCUT2D eigenvalue weighted by Gasteiger charge is 2.20. The van der Waals surface area contributed by atoms with Crippen molar-refractivity contribution in [2.75, 3.05) is 37.4 Å². The Bertz CT molecular complexity index is 1310. The molecular weight excluding hydrogens is 473 g/mol. The van der Waals surface area contributed by atoms with Crippen molar-refractivity contribution in [3.63, 3.8) is 0 Å². The van der Waals surface area contributed by atoms with Crippen molar-refractivity contribution in [2.45, 2.75) is 6.42 Å². The zero-order valence-electron chi connectivity index (χ0n) is 20.4. The van der Waals surface area contributed by atoms with Crippen molar-refractivity contribution in [1.29, 1.82) is 0 Å². The number of ether oxygens (including phenoxy) is 1. The monoisotopic (exact) mass is 501 g/mol. The number of hydrogen-bond acceptors (Lipinski definition) is 4. The van der Waals surface area contributed by atoms with Gasteiger partial charge in [0, 0.05) is 37.6 Å². The van der Waals surface area contributed by atoms with E-state index in [1.165, 1.54) is 17.0 Å². The fraction of sp³-hybridized carbons (Fsp3) is 0.179. The number of para-hydroxylation sites is 1. The van der Waals surface area contributed by atoms with E-state index in [4.69, 9.17) is 4.74 Å². The number of hydrogen-bond donors (Lipinski definition) is 2. The van der Waals surface area contributed by atoms with Crippen LogP contribution in [0.2, 0.25) is 0 Å². The molecule has 1 heterocycles. The highest BCUT2D eigenvalue weighted by molar-refractivity contribution is 5.97. The fourth-order valence-electron chi connectivity index (χ4n) is 3.73. The van der Waals surface area contributed by atoms with Crippen molar-refractivity contribution >= 4 is 23.4 Å². The molecule has 3 aromatic carbocycles. The van der Waals surface area contributed by atoms with Crippen molar-refractivity contribution in [3.8, 4) is 16.9 Å². The van der Waals surface area contributed by atoms with Crippen LogP contribution in [0.1, 0.15) is 6.42 Å². The molecule has 0 spiro atoms. The summed E-state index contributed by atoms with van der Waals surface area (Å²) in [7, 11) is 1.59. The number of nitrogens with zero attached hydrogens (tertiary/aromatic N) is 3. The van der Waals surface area contributed by atoms with Crippen molar-refractivity contribution < 1.29 is 18.7 Å². The second kappa shape index (κ2) is 12.5. The van der Waals surface area contributed by atoms with E-state index in [0.29, 0.717) is 42.5 Å². The third-order valence-corrected chi connectivity index (χ3v) is 5.54. The third-order valence-electron chi connectivity index (χ3n) is 5.54. The molecule has 0 saturated carbocycles. The van der Waals surface area contributed by atoms with Gasteiger partial charge in [-0.15, -0.1) is 0 Å². The molecule has 37 heavy (non-hydrogen) atoms. The van der Waals surface area contributed by atoms with E-state index < -0.39 is 11.9 Å². The van der Waals surface area contributed by atoms with Crippen molar-refractivity contribution in [1.82, 2.24) is 14.7 Å². The first-order valence-electron chi connectivity index (χ1n) is 11.8. The van der Waals surface area contributed by atoms with Crippen molar-refractivity contribution in [2.24, 2.45) is 0 Å². The number of amides is 3. The zero-order chi connectivity index (χ0) is 26.0. The number of benzene rings is 3. The molecule has 0 aliphatic heterocycles. The molecular formula is C28H28FN5O3. The Kier molecular flexibility index (Phi) is 8.62. The summed E-state index contributed by atoms with van der Waals surface area (Å²) in [4.78, 5) is 27.5. The van der Waals surface area contributed by atoms with Gasteiger partial charge in [-0.25, -0.2) is 13.9 Å². The maximum Gasteiger partial charge on any atom is 0.322 e. The minimum atomic E-state index is -0.400. The molecule has 0 radical (unpaired) electrons. The quantitative estimate of drug-likeness (QED) is 0.293. The molecule has 4 aromatic rings. The van der Waals surface area contributed by atoms with E-state index in [2.05, 4.69) is 15.7 Å². The molecule has 3 amide bonds. The molecule has 0 aliphatic rings. The number of rotatable bonds is 10. The van der Waals surface area contributed by atoms with Gasteiger partial charge in [0.2, 0.25) is 5.91 Å². The number of methoxy groups -OCH3 is 1. The predicted octanol–water partition coefficient (Wildman–Crippen LogP) is 5.19. The van der Waals surface area contributed by atoms with Crippen LogP contribution in [0.15, 0.2) is 91.0 Å². The van der Waals surface area contributed by atoms with Gasteiger partial charge in [0.1, 0.15) is 18.2 Å². The maximum atomic E-state index is 13.5. The number of aromatic nitrogens is 2. The van der Waals surface area contributed by atoms with E-state index in [-0.39, 0.29) is 12.4 Å². The number of carbonyl (C=O) groups excluding carboxylic acids is 2. The van der Waals surface area contributed by atoms with Crippen LogP contribution in [-0.4, -0.2) is 53.4 Å². The van der Waals surface area contributed by atoms with Crippen LogP contribution in [0.5, 0.6) is 0 Å². The van der Waals surface area contributed by atoms with Crippen LogP contribution in [0.3, 0.4) is 0 Å². The van der Waals surface area contributed by atoms with Gasteiger partial charge >= 0.3 is 6.03 Å².